The molecule has 122 valence electrons. The summed E-state index contributed by atoms with van der Waals surface area (Å²) in [6.07, 6.45) is 10.0. The Kier molecular flexibility index (Phi) is 3.70. The van der Waals surface area contributed by atoms with Crippen molar-refractivity contribution in [3.05, 3.63) is 37.1 Å². The number of hydrogen-bond donors (Lipinski definition) is 1. The maximum absolute atomic E-state index is 4.77. The van der Waals surface area contributed by atoms with Gasteiger partial charge in [0.2, 0.25) is 0 Å². The molecule has 4 aromatic rings. The van der Waals surface area contributed by atoms with E-state index in [9.17, 15) is 0 Å². The van der Waals surface area contributed by atoms with Crippen molar-refractivity contribution in [1.82, 2.24) is 29.5 Å². The first-order chi connectivity index (χ1) is 11.7. The molecule has 0 spiro atoms. The van der Waals surface area contributed by atoms with Crippen LogP contribution in [0.3, 0.4) is 0 Å². The molecule has 0 bridgehead atoms. The number of nitrogens with zero attached hydrogens (tertiary/aromatic N) is 6. The van der Waals surface area contributed by atoms with Crippen LogP contribution in [-0.2, 0) is 0 Å². The molecule has 4 heterocycles. The summed E-state index contributed by atoms with van der Waals surface area (Å²) < 4.78 is 1.82. The van der Waals surface area contributed by atoms with Crippen molar-refractivity contribution in [2.75, 3.05) is 32.5 Å². The van der Waals surface area contributed by atoms with Crippen molar-refractivity contribution in [3.63, 3.8) is 0 Å². The highest BCUT2D eigenvalue weighted by molar-refractivity contribution is 6.09. The highest BCUT2D eigenvalue weighted by atomic mass is 15.2. The summed E-state index contributed by atoms with van der Waals surface area (Å²) in [5.74, 6) is 0. The summed E-state index contributed by atoms with van der Waals surface area (Å²) in [5, 5.41) is 9.23. The summed E-state index contributed by atoms with van der Waals surface area (Å²) in [4.78, 5) is 15.4. The molecule has 0 radical (unpaired) electrons. The fourth-order valence-electron chi connectivity index (χ4n) is 2.88. The Morgan fingerprint density at radius 1 is 1.12 bits per heavy atom. The van der Waals surface area contributed by atoms with Gasteiger partial charge in [0.25, 0.3) is 0 Å². The maximum Gasteiger partial charge on any atom is 0.136 e. The van der Waals surface area contributed by atoms with Crippen LogP contribution >= 0.6 is 0 Å². The van der Waals surface area contributed by atoms with E-state index in [0.29, 0.717) is 0 Å². The van der Waals surface area contributed by atoms with Gasteiger partial charge in [0.15, 0.2) is 0 Å². The van der Waals surface area contributed by atoms with Crippen LogP contribution in [0.1, 0.15) is 6.42 Å². The quantitative estimate of drug-likeness (QED) is 0.568. The van der Waals surface area contributed by atoms with Crippen LogP contribution in [0.15, 0.2) is 37.1 Å². The fourth-order valence-corrected chi connectivity index (χ4v) is 2.88. The predicted octanol–water partition coefficient (Wildman–Crippen LogP) is 2.19. The first-order valence-electron chi connectivity index (χ1n) is 7.98. The second kappa shape index (κ2) is 6.01. The van der Waals surface area contributed by atoms with Gasteiger partial charge >= 0.3 is 0 Å². The third-order valence-corrected chi connectivity index (χ3v) is 4.03. The van der Waals surface area contributed by atoms with Gasteiger partial charge in [0.1, 0.15) is 16.6 Å². The fraction of sp³-hybridized carbons (Fsp3) is 0.294. The Balaban J connectivity index is 1.86. The topological polar surface area (TPSA) is 71.2 Å². The standard InChI is InChI=1S/C17H19N7/c1-23(2)8-3-5-20-15-12-10-18-6-4-13(12)21-16-14-11-19-7-9-24(14)22-17(15)16/h4,6-7,9-11,20H,3,5,8H2,1-2H3. The van der Waals surface area contributed by atoms with Gasteiger partial charge in [-0.1, -0.05) is 0 Å². The largest absolute Gasteiger partial charge is 0.383 e. The monoisotopic (exact) mass is 321 g/mol. The number of aromatic nitrogens is 5. The van der Waals surface area contributed by atoms with Crippen molar-refractivity contribution in [2.24, 2.45) is 0 Å². The van der Waals surface area contributed by atoms with E-state index >= 15 is 0 Å². The van der Waals surface area contributed by atoms with Gasteiger partial charge in [-0.2, -0.15) is 5.10 Å². The minimum absolute atomic E-state index is 0.855. The SMILES string of the molecule is CN(C)CCCNc1c2cnccc2nc2c1nn1ccncc21. The smallest absolute Gasteiger partial charge is 0.136 e. The highest BCUT2D eigenvalue weighted by Gasteiger charge is 2.15. The highest BCUT2D eigenvalue weighted by Crippen LogP contribution is 2.31. The third-order valence-electron chi connectivity index (χ3n) is 4.03. The van der Waals surface area contributed by atoms with E-state index in [-0.39, 0.29) is 0 Å². The van der Waals surface area contributed by atoms with Crippen molar-refractivity contribution in [2.45, 2.75) is 6.42 Å². The van der Waals surface area contributed by atoms with E-state index < -0.39 is 0 Å². The molecule has 0 amide bonds. The van der Waals surface area contributed by atoms with Crippen LogP contribution in [0.4, 0.5) is 5.69 Å². The molecule has 4 aromatic heterocycles. The van der Waals surface area contributed by atoms with Gasteiger partial charge in [-0.05, 0) is 33.1 Å². The minimum Gasteiger partial charge on any atom is -0.383 e. The Morgan fingerprint density at radius 3 is 2.88 bits per heavy atom. The summed E-state index contributed by atoms with van der Waals surface area (Å²) >= 11 is 0. The molecule has 0 aliphatic rings. The summed E-state index contributed by atoms with van der Waals surface area (Å²) in [5.41, 5.74) is 4.52. The Hall–Kier alpha value is -2.80. The molecule has 7 nitrogen and oxygen atoms in total. The summed E-state index contributed by atoms with van der Waals surface area (Å²) in [6.45, 7) is 1.90. The second-order valence-electron chi connectivity index (χ2n) is 6.07. The molecular weight excluding hydrogens is 302 g/mol. The number of anilines is 1. The number of fused-ring (bicyclic) bond motifs is 4. The average Bonchev–Trinajstić information content (AvgIpc) is 2.96. The van der Waals surface area contributed by atoms with Crippen molar-refractivity contribution >= 4 is 33.1 Å². The Morgan fingerprint density at radius 2 is 2.00 bits per heavy atom. The number of nitrogens with one attached hydrogen (secondary N) is 1. The normalized spacial score (nSPS) is 11.8. The second-order valence-corrected chi connectivity index (χ2v) is 6.07. The lowest BCUT2D eigenvalue weighted by Crippen LogP contribution is -2.16. The number of pyridine rings is 2. The van der Waals surface area contributed by atoms with Gasteiger partial charge in [0, 0.05) is 36.7 Å². The van der Waals surface area contributed by atoms with Crippen LogP contribution in [-0.4, -0.2) is 56.7 Å². The molecule has 1 N–H and O–H groups in total. The predicted molar refractivity (Wildman–Crippen MR) is 95.2 cm³/mol. The third kappa shape index (κ3) is 2.52. The van der Waals surface area contributed by atoms with E-state index in [1.54, 1.807) is 18.6 Å². The first-order valence-corrected chi connectivity index (χ1v) is 7.98. The molecule has 0 saturated heterocycles. The van der Waals surface area contributed by atoms with Gasteiger partial charge in [0.05, 0.1) is 17.4 Å². The summed E-state index contributed by atoms with van der Waals surface area (Å²) in [6, 6.07) is 1.93. The molecule has 24 heavy (non-hydrogen) atoms. The van der Waals surface area contributed by atoms with Crippen molar-refractivity contribution in [1.29, 1.82) is 0 Å². The lowest BCUT2D eigenvalue weighted by Gasteiger charge is -2.12. The molecule has 0 fully saturated rings. The zero-order valence-electron chi connectivity index (χ0n) is 13.8. The van der Waals surface area contributed by atoms with E-state index in [1.165, 1.54) is 0 Å². The van der Waals surface area contributed by atoms with Crippen LogP contribution in [0, 0.1) is 0 Å². The molecule has 0 aliphatic heterocycles. The van der Waals surface area contributed by atoms with Crippen molar-refractivity contribution in [3.8, 4) is 0 Å². The van der Waals surface area contributed by atoms with Crippen LogP contribution in [0.2, 0.25) is 0 Å². The maximum atomic E-state index is 4.77. The minimum atomic E-state index is 0.855. The first kappa shape index (κ1) is 14.8. The number of hydrogen-bond acceptors (Lipinski definition) is 6. The zero-order chi connectivity index (χ0) is 16.5. The number of rotatable bonds is 5. The molecule has 0 unspecified atom stereocenters. The molecule has 4 rings (SSSR count). The lowest BCUT2D eigenvalue weighted by atomic mass is 10.2. The molecule has 7 heteroatoms. The van der Waals surface area contributed by atoms with Gasteiger partial charge in [-0.15, -0.1) is 0 Å². The van der Waals surface area contributed by atoms with E-state index in [4.69, 9.17) is 10.1 Å². The van der Waals surface area contributed by atoms with E-state index in [0.717, 1.165) is 52.7 Å². The lowest BCUT2D eigenvalue weighted by molar-refractivity contribution is 0.405. The van der Waals surface area contributed by atoms with Gasteiger partial charge < -0.3 is 10.2 Å². The van der Waals surface area contributed by atoms with Crippen LogP contribution < -0.4 is 5.32 Å². The van der Waals surface area contributed by atoms with Gasteiger partial charge in [-0.25, -0.2) is 9.50 Å². The summed E-state index contributed by atoms with van der Waals surface area (Å²) in [7, 11) is 4.16. The van der Waals surface area contributed by atoms with Crippen LogP contribution in [0.25, 0.3) is 27.5 Å². The van der Waals surface area contributed by atoms with E-state index in [2.05, 4.69) is 34.3 Å². The molecule has 0 aromatic carbocycles. The van der Waals surface area contributed by atoms with Gasteiger partial charge in [-0.3, -0.25) is 9.97 Å². The Labute approximate surface area is 139 Å². The molecule has 0 aliphatic carbocycles. The Bertz CT molecular complexity index is 1010. The van der Waals surface area contributed by atoms with Crippen molar-refractivity contribution < 1.29 is 0 Å². The van der Waals surface area contributed by atoms with Crippen LogP contribution in [0.5, 0.6) is 0 Å². The van der Waals surface area contributed by atoms with E-state index in [1.807, 2.05) is 23.0 Å². The average molecular weight is 321 g/mol. The molecular formula is C17H19N7. The molecule has 0 atom stereocenters. The molecule has 0 saturated carbocycles. The zero-order valence-corrected chi connectivity index (χ0v) is 13.8.